The van der Waals surface area contributed by atoms with Crippen LogP contribution in [0.3, 0.4) is 0 Å². The van der Waals surface area contributed by atoms with Gasteiger partial charge in [-0.1, -0.05) is 33.6 Å². The molecule has 0 bridgehead atoms. The van der Waals surface area contributed by atoms with Gasteiger partial charge in [-0.3, -0.25) is 4.79 Å². The Morgan fingerprint density at radius 1 is 1.05 bits per heavy atom. The van der Waals surface area contributed by atoms with E-state index in [-0.39, 0.29) is 5.78 Å². The van der Waals surface area contributed by atoms with Gasteiger partial charge in [0.1, 0.15) is 0 Å². The summed E-state index contributed by atoms with van der Waals surface area (Å²) in [6.45, 7) is 6.54. The van der Waals surface area contributed by atoms with Crippen LogP contribution in [-0.2, 0) is 0 Å². The summed E-state index contributed by atoms with van der Waals surface area (Å²) in [5, 5.41) is 1.19. The first kappa shape index (κ1) is 15.8. The van der Waals surface area contributed by atoms with Crippen LogP contribution < -0.4 is 0 Å². The van der Waals surface area contributed by atoms with Crippen LogP contribution in [0.25, 0.3) is 10.9 Å². The van der Waals surface area contributed by atoms with Crippen LogP contribution >= 0.6 is 0 Å². The van der Waals surface area contributed by atoms with Gasteiger partial charge in [0, 0.05) is 35.1 Å². The highest BCUT2D eigenvalue weighted by Crippen LogP contribution is 2.27. The van der Waals surface area contributed by atoms with Gasteiger partial charge in [-0.2, -0.15) is 0 Å². The molecule has 21 heavy (non-hydrogen) atoms. The van der Waals surface area contributed by atoms with Gasteiger partial charge in [0.2, 0.25) is 0 Å². The standard InChI is InChI=1S/C19H27NO/c1-4-7-17(8-5-2)20-13-12-15-14-16(10-11-18(15)20)19(21)9-6-3/h10-14,17H,4-9H2,1-3H3. The van der Waals surface area contributed by atoms with E-state index in [9.17, 15) is 4.79 Å². The summed E-state index contributed by atoms with van der Waals surface area (Å²) in [5.41, 5.74) is 2.11. The Morgan fingerprint density at radius 3 is 2.38 bits per heavy atom. The zero-order valence-electron chi connectivity index (χ0n) is 13.6. The van der Waals surface area contributed by atoms with Gasteiger partial charge in [0.25, 0.3) is 0 Å². The van der Waals surface area contributed by atoms with Gasteiger partial charge in [-0.05, 0) is 43.5 Å². The lowest BCUT2D eigenvalue weighted by Crippen LogP contribution is -2.07. The van der Waals surface area contributed by atoms with E-state index >= 15 is 0 Å². The molecule has 2 rings (SSSR count). The zero-order chi connectivity index (χ0) is 15.2. The van der Waals surface area contributed by atoms with Crippen molar-refractivity contribution in [2.75, 3.05) is 0 Å². The number of ketones is 1. The molecule has 0 saturated heterocycles. The third-order valence-electron chi connectivity index (χ3n) is 4.16. The van der Waals surface area contributed by atoms with Gasteiger partial charge in [0.05, 0.1) is 0 Å². The van der Waals surface area contributed by atoms with E-state index in [1.165, 1.54) is 36.6 Å². The molecule has 0 aliphatic carbocycles. The fraction of sp³-hybridized carbons (Fsp3) is 0.526. The monoisotopic (exact) mass is 285 g/mol. The largest absolute Gasteiger partial charge is 0.344 e. The highest BCUT2D eigenvalue weighted by Gasteiger charge is 2.13. The summed E-state index contributed by atoms with van der Waals surface area (Å²) in [6, 6.07) is 8.90. The summed E-state index contributed by atoms with van der Waals surface area (Å²) in [4.78, 5) is 12.0. The minimum Gasteiger partial charge on any atom is -0.344 e. The van der Waals surface area contributed by atoms with Crippen molar-refractivity contribution >= 4 is 16.7 Å². The van der Waals surface area contributed by atoms with Crippen LogP contribution in [-0.4, -0.2) is 10.4 Å². The van der Waals surface area contributed by atoms with E-state index in [4.69, 9.17) is 0 Å². The number of aromatic nitrogens is 1. The molecule has 2 nitrogen and oxygen atoms in total. The molecule has 0 saturated carbocycles. The molecular weight excluding hydrogens is 258 g/mol. The highest BCUT2D eigenvalue weighted by atomic mass is 16.1. The average molecular weight is 285 g/mol. The topological polar surface area (TPSA) is 22.0 Å². The maximum atomic E-state index is 12.0. The molecule has 0 aliphatic heterocycles. The zero-order valence-corrected chi connectivity index (χ0v) is 13.6. The molecule has 1 heterocycles. The lowest BCUT2D eigenvalue weighted by molar-refractivity contribution is 0.0982. The second-order valence-corrected chi connectivity index (χ2v) is 5.90. The summed E-state index contributed by atoms with van der Waals surface area (Å²) < 4.78 is 2.40. The maximum absolute atomic E-state index is 12.0. The molecule has 2 heteroatoms. The van der Waals surface area contributed by atoms with Gasteiger partial charge >= 0.3 is 0 Å². The minimum absolute atomic E-state index is 0.255. The van der Waals surface area contributed by atoms with E-state index in [2.05, 4.69) is 42.8 Å². The predicted octanol–water partition coefficient (Wildman–Crippen LogP) is 5.77. The molecule has 1 aromatic carbocycles. The Morgan fingerprint density at radius 2 is 1.76 bits per heavy atom. The van der Waals surface area contributed by atoms with E-state index in [1.807, 2.05) is 13.0 Å². The van der Waals surface area contributed by atoms with Crippen LogP contribution in [0.2, 0.25) is 0 Å². The van der Waals surface area contributed by atoms with Crippen LogP contribution in [0.4, 0.5) is 0 Å². The van der Waals surface area contributed by atoms with E-state index in [1.54, 1.807) is 0 Å². The number of carbonyl (C=O) groups is 1. The lowest BCUT2D eigenvalue weighted by Gasteiger charge is -2.19. The Balaban J connectivity index is 2.33. The summed E-state index contributed by atoms with van der Waals surface area (Å²) in [5.74, 6) is 0.255. The number of fused-ring (bicyclic) bond motifs is 1. The molecule has 0 N–H and O–H groups in total. The first-order chi connectivity index (χ1) is 10.2. The molecule has 0 radical (unpaired) electrons. The number of benzene rings is 1. The number of Topliss-reactive ketones (excluding diaryl/α,β-unsaturated/α-hetero) is 1. The number of rotatable bonds is 8. The van der Waals surface area contributed by atoms with Crippen molar-refractivity contribution in [1.82, 2.24) is 4.57 Å². The van der Waals surface area contributed by atoms with Crippen molar-refractivity contribution < 1.29 is 4.79 Å². The second kappa shape index (κ2) is 7.44. The predicted molar refractivity (Wildman–Crippen MR) is 90.0 cm³/mol. The summed E-state index contributed by atoms with van der Waals surface area (Å²) >= 11 is 0. The van der Waals surface area contributed by atoms with Crippen LogP contribution in [0, 0.1) is 0 Å². The quantitative estimate of drug-likeness (QED) is 0.565. The molecule has 0 atom stereocenters. The smallest absolute Gasteiger partial charge is 0.162 e. The second-order valence-electron chi connectivity index (χ2n) is 5.90. The summed E-state index contributed by atoms with van der Waals surface area (Å²) in [6.07, 6.45) is 8.58. The van der Waals surface area contributed by atoms with Crippen LogP contribution in [0.1, 0.15) is 75.7 Å². The van der Waals surface area contributed by atoms with Gasteiger partial charge in [0.15, 0.2) is 5.78 Å². The molecule has 0 aliphatic rings. The molecule has 2 aromatic rings. The van der Waals surface area contributed by atoms with Crippen LogP contribution in [0.5, 0.6) is 0 Å². The first-order valence-electron chi connectivity index (χ1n) is 8.35. The molecule has 0 amide bonds. The Kier molecular flexibility index (Phi) is 5.60. The average Bonchev–Trinajstić information content (AvgIpc) is 2.90. The SMILES string of the molecule is CCCC(=O)c1ccc2c(ccn2C(CCC)CCC)c1. The molecule has 0 fully saturated rings. The van der Waals surface area contributed by atoms with Gasteiger partial charge < -0.3 is 4.57 Å². The minimum atomic E-state index is 0.255. The molecule has 114 valence electrons. The van der Waals surface area contributed by atoms with E-state index in [0.29, 0.717) is 12.5 Å². The lowest BCUT2D eigenvalue weighted by atomic mass is 10.0. The van der Waals surface area contributed by atoms with Crippen molar-refractivity contribution in [3.05, 3.63) is 36.0 Å². The molecular formula is C19H27NO. The maximum Gasteiger partial charge on any atom is 0.162 e. The van der Waals surface area contributed by atoms with E-state index < -0.39 is 0 Å². The van der Waals surface area contributed by atoms with Crippen LogP contribution in [0.15, 0.2) is 30.5 Å². The number of nitrogens with zero attached hydrogens (tertiary/aromatic N) is 1. The van der Waals surface area contributed by atoms with Crippen molar-refractivity contribution in [2.45, 2.75) is 65.3 Å². The van der Waals surface area contributed by atoms with E-state index in [0.717, 1.165) is 12.0 Å². The summed E-state index contributed by atoms with van der Waals surface area (Å²) in [7, 11) is 0. The number of hydrogen-bond acceptors (Lipinski definition) is 1. The number of carbonyl (C=O) groups excluding carboxylic acids is 1. The molecule has 0 unspecified atom stereocenters. The van der Waals surface area contributed by atoms with Crippen molar-refractivity contribution in [1.29, 1.82) is 0 Å². The fourth-order valence-electron chi connectivity index (χ4n) is 3.12. The Labute approximate surface area is 128 Å². The van der Waals surface area contributed by atoms with Gasteiger partial charge in [-0.25, -0.2) is 0 Å². The normalized spacial score (nSPS) is 11.4. The van der Waals surface area contributed by atoms with Crippen molar-refractivity contribution in [2.24, 2.45) is 0 Å². The van der Waals surface area contributed by atoms with Crippen molar-refractivity contribution in [3.63, 3.8) is 0 Å². The number of hydrogen-bond donors (Lipinski definition) is 0. The first-order valence-corrected chi connectivity index (χ1v) is 8.35. The molecule has 1 aromatic heterocycles. The Hall–Kier alpha value is -1.57. The molecule has 0 spiro atoms. The highest BCUT2D eigenvalue weighted by molar-refractivity contribution is 5.99. The van der Waals surface area contributed by atoms with Gasteiger partial charge in [-0.15, -0.1) is 0 Å². The third-order valence-corrected chi connectivity index (χ3v) is 4.16. The third kappa shape index (κ3) is 3.55. The Bertz CT molecular complexity index is 591. The fourth-order valence-corrected chi connectivity index (χ4v) is 3.12. The van der Waals surface area contributed by atoms with Crippen molar-refractivity contribution in [3.8, 4) is 0 Å².